The van der Waals surface area contributed by atoms with E-state index in [-0.39, 0.29) is 5.91 Å². The van der Waals surface area contributed by atoms with Crippen molar-refractivity contribution in [3.8, 4) is 28.7 Å². The van der Waals surface area contributed by atoms with Crippen LogP contribution in [0.1, 0.15) is 40.7 Å². The van der Waals surface area contributed by atoms with Crippen LogP contribution in [-0.4, -0.2) is 64.0 Å². The average Bonchev–Trinajstić information content (AvgIpc) is 3.48. The monoisotopic (exact) mass is 561 g/mol. The Labute approximate surface area is 241 Å². The van der Waals surface area contributed by atoms with Crippen molar-refractivity contribution >= 4 is 5.91 Å². The summed E-state index contributed by atoms with van der Waals surface area (Å²) in [6.45, 7) is 5.13. The van der Waals surface area contributed by atoms with Crippen molar-refractivity contribution in [2.45, 2.75) is 38.5 Å². The van der Waals surface area contributed by atoms with Crippen LogP contribution in [-0.2, 0) is 13.2 Å². The highest BCUT2D eigenvalue weighted by Gasteiger charge is 2.21. The molecule has 0 aliphatic carbocycles. The van der Waals surface area contributed by atoms with Gasteiger partial charge in [0.2, 0.25) is 12.5 Å². The maximum absolute atomic E-state index is 12.9. The fraction of sp³-hybridized carbons (Fsp3) is 0.406. The van der Waals surface area contributed by atoms with Crippen molar-refractivity contribution in [1.29, 1.82) is 0 Å². The zero-order valence-electron chi connectivity index (χ0n) is 23.8. The topological polar surface area (TPSA) is 90.5 Å². The first kappa shape index (κ1) is 28.6. The molecule has 2 aliphatic rings. The Morgan fingerprint density at radius 2 is 1.63 bits per heavy atom. The molecule has 0 unspecified atom stereocenters. The maximum atomic E-state index is 12.9. The van der Waals surface area contributed by atoms with Gasteiger partial charge in [-0.25, -0.2) is 0 Å². The number of fused-ring (bicyclic) bond motifs is 1. The summed E-state index contributed by atoms with van der Waals surface area (Å²) in [6.07, 6.45) is 3.06. The van der Waals surface area contributed by atoms with E-state index >= 15 is 0 Å². The van der Waals surface area contributed by atoms with Gasteiger partial charge in [0, 0.05) is 24.7 Å². The summed E-state index contributed by atoms with van der Waals surface area (Å²) in [4.78, 5) is 15.4. The largest absolute Gasteiger partial charge is 0.493 e. The minimum absolute atomic E-state index is 0.173. The number of benzene rings is 3. The maximum Gasteiger partial charge on any atom is 0.251 e. The number of carbonyl (C=O) groups is 1. The summed E-state index contributed by atoms with van der Waals surface area (Å²) in [5, 5.41) is 6.66. The van der Waals surface area contributed by atoms with E-state index in [1.165, 1.54) is 5.56 Å². The molecule has 41 heavy (non-hydrogen) atoms. The Hall–Kier alpha value is -3.95. The van der Waals surface area contributed by atoms with Gasteiger partial charge in [0.05, 0.1) is 14.2 Å². The molecule has 1 saturated heterocycles. The third kappa shape index (κ3) is 7.62. The molecule has 5 rings (SSSR count). The molecule has 2 N–H and O–H groups in total. The van der Waals surface area contributed by atoms with Crippen LogP contribution in [0, 0.1) is 0 Å². The minimum atomic E-state index is -0.173. The number of nitrogens with zero attached hydrogens (tertiary/aromatic N) is 1. The molecule has 0 radical (unpaired) electrons. The predicted molar refractivity (Wildman–Crippen MR) is 156 cm³/mol. The highest BCUT2D eigenvalue weighted by Crippen LogP contribution is 2.39. The van der Waals surface area contributed by atoms with Crippen molar-refractivity contribution in [2.75, 3.05) is 47.2 Å². The Morgan fingerprint density at radius 3 is 2.37 bits per heavy atom. The van der Waals surface area contributed by atoms with Gasteiger partial charge in [-0.2, -0.15) is 0 Å². The second-order valence-electron chi connectivity index (χ2n) is 10.3. The van der Waals surface area contributed by atoms with Gasteiger partial charge >= 0.3 is 0 Å². The second-order valence-corrected chi connectivity index (χ2v) is 10.3. The van der Waals surface area contributed by atoms with Crippen molar-refractivity contribution in [1.82, 2.24) is 15.5 Å². The fourth-order valence-electron chi connectivity index (χ4n) is 5.17. The Bertz CT molecular complexity index is 1270. The summed E-state index contributed by atoms with van der Waals surface area (Å²) in [6, 6.07) is 19.9. The number of amides is 1. The second kappa shape index (κ2) is 14.1. The summed E-state index contributed by atoms with van der Waals surface area (Å²) >= 11 is 0. The number of hydrogen-bond donors (Lipinski definition) is 2. The number of carbonyl (C=O) groups excluding carboxylic acids is 1. The quantitative estimate of drug-likeness (QED) is 0.297. The third-order valence-corrected chi connectivity index (χ3v) is 7.45. The SMILES string of the molecule is COc1cc(C(=O)NCCCNC2CCN(Cc3ccc4c(c3)OCO4)CC2)cc(OC)c1OCc1ccccc1. The average molecular weight is 562 g/mol. The van der Waals surface area contributed by atoms with E-state index in [4.69, 9.17) is 23.7 Å². The highest BCUT2D eigenvalue weighted by atomic mass is 16.7. The molecule has 218 valence electrons. The molecule has 3 aromatic rings. The van der Waals surface area contributed by atoms with Crippen LogP contribution in [0.15, 0.2) is 60.7 Å². The molecule has 1 fully saturated rings. The van der Waals surface area contributed by atoms with E-state index in [1.807, 2.05) is 36.4 Å². The smallest absolute Gasteiger partial charge is 0.251 e. The van der Waals surface area contributed by atoms with Crippen molar-refractivity contribution < 1.29 is 28.5 Å². The molecule has 0 aromatic heterocycles. The number of nitrogens with one attached hydrogen (secondary N) is 2. The number of rotatable bonds is 13. The van der Waals surface area contributed by atoms with Crippen molar-refractivity contribution in [2.24, 2.45) is 0 Å². The lowest BCUT2D eigenvalue weighted by Gasteiger charge is -2.32. The van der Waals surface area contributed by atoms with Gasteiger partial charge in [-0.15, -0.1) is 0 Å². The van der Waals surface area contributed by atoms with Crippen LogP contribution in [0.5, 0.6) is 28.7 Å². The van der Waals surface area contributed by atoms with E-state index < -0.39 is 0 Å². The van der Waals surface area contributed by atoms with Gasteiger partial charge in [0.15, 0.2) is 23.0 Å². The van der Waals surface area contributed by atoms with E-state index in [2.05, 4.69) is 27.7 Å². The van der Waals surface area contributed by atoms with Crippen LogP contribution in [0.2, 0.25) is 0 Å². The van der Waals surface area contributed by atoms with Gasteiger partial charge in [-0.1, -0.05) is 36.4 Å². The molecule has 0 saturated carbocycles. The molecule has 9 heteroatoms. The number of piperidine rings is 1. The molecule has 0 spiro atoms. The Balaban J connectivity index is 1.02. The molecule has 3 aromatic carbocycles. The van der Waals surface area contributed by atoms with Crippen molar-refractivity contribution in [3.63, 3.8) is 0 Å². The molecule has 9 nitrogen and oxygen atoms in total. The number of ether oxygens (including phenoxy) is 5. The lowest BCUT2D eigenvalue weighted by Crippen LogP contribution is -2.42. The predicted octanol–water partition coefficient (Wildman–Crippen LogP) is 4.39. The molecular weight excluding hydrogens is 522 g/mol. The van der Waals surface area contributed by atoms with Gasteiger partial charge in [-0.05, 0) is 74.3 Å². The number of likely N-dealkylation sites (tertiary alicyclic amines) is 1. The standard InChI is InChI=1S/C32H39N3O6/c1-37-29-18-25(19-30(38-2)31(29)39-21-23-7-4-3-5-8-23)32(36)34-14-6-13-33-26-11-15-35(16-12-26)20-24-9-10-27-28(17-24)41-22-40-27/h3-5,7-10,17-19,26,33H,6,11-16,20-22H2,1-2H3,(H,34,36). The lowest BCUT2D eigenvalue weighted by atomic mass is 10.0. The minimum Gasteiger partial charge on any atom is -0.493 e. The van der Waals surface area contributed by atoms with Gasteiger partial charge in [0.25, 0.3) is 5.91 Å². The van der Waals surface area contributed by atoms with E-state index in [0.29, 0.717) is 48.8 Å². The molecule has 2 heterocycles. The molecular formula is C32H39N3O6. The summed E-state index contributed by atoms with van der Waals surface area (Å²) in [5.41, 5.74) is 2.74. The van der Waals surface area contributed by atoms with E-state index in [0.717, 1.165) is 62.5 Å². The van der Waals surface area contributed by atoms with Gasteiger partial charge in [0.1, 0.15) is 6.61 Å². The summed E-state index contributed by atoms with van der Waals surface area (Å²) < 4.78 is 28.0. The molecule has 0 atom stereocenters. The summed E-state index contributed by atoms with van der Waals surface area (Å²) in [7, 11) is 3.11. The van der Waals surface area contributed by atoms with Crippen LogP contribution >= 0.6 is 0 Å². The summed E-state index contributed by atoms with van der Waals surface area (Å²) in [5.74, 6) is 2.88. The first-order valence-corrected chi connectivity index (χ1v) is 14.2. The van der Waals surface area contributed by atoms with Crippen LogP contribution in [0.3, 0.4) is 0 Å². The van der Waals surface area contributed by atoms with Crippen LogP contribution < -0.4 is 34.3 Å². The number of hydrogen-bond acceptors (Lipinski definition) is 8. The van der Waals surface area contributed by atoms with Crippen molar-refractivity contribution in [3.05, 3.63) is 77.4 Å². The molecule has 0 bridgehead atoms. The zero-order valence-corrected chi connectivity index (χ0v) is 23.8. The highest BCUT2D eigenvalue weighted by molar-refractivity contribution is 5.95. The Morgan fingerprint density at radius 1 is 0.902 bits per heavy atom. The normalized spacial score (nSPS) is 15.0. The first-order chi connectivity index (χ1) is 20.1. The zero-order chi connectivity index (χ0) is 28.4. The van der Waals surface area contributed by atoms with E-state index in [9.17, 15) is 4.79 Å². The molecule has 1 amide bonds. The lowest BCUT2D eigenvalue weighted by molar-refractivity contribution is 0.0952. The van der Waals surface area contributed by atoms with Gasteiger partial charge < -0.3 is 34.3 Å². The van der Waals surface area contributed by atoms with E-state index in [1.54, 1.807) is 26.4 Å². The third-order valence-electron chi connectivity index (χ3n) is 7.45. The number of methoxy groups -OCH3 is 2. The van der Waals surface area contributed by atoms with Crippen LogP contribution in [0.25, 0.3) is 0 Å². The fourth-order valence-corrected chi connectivity index (χ4v) is 5.17. The molecule has 2 aliphatic heterocycles. The first-order valence-electron chi connectivity index (χ1n) is 14.2. The van der Waals surface area contributed by atoms with Gasteiger partial charge in [-0.3, -0.25) is 9.69 Å². The Kier molecular flexibility index (Phi) is 9.82. The van der Waals surface area contributed by atoms with Crippen LogP contribution in [0.4, 0.5) is 0 Å².